The Hall–Kier alpha value is -2.23. The molecule has 0 aromatic heterocycles. The first-order valence-corrected chi connectivity index (χ1v) is 5.30. The molecule has 0 aliphatic heterocycles. The van der Waals surface area contributed by atoms with E-state index in [1.807, 2.05) is 0 Å². The van der Waals surface area contributed by atoms with Crippen LogP contribution in [0.5, 0.6) is 11.5 Å². The van der Waals surface area contributed by atoms with Crippen molar-refractivity contribution in [2.24, 2.45) is 0 Å². The van der Waals surface area contributed by atoms with Gasteiger partial charge in [0.2, 0.25) is 0 Å². The van der Waals surface area contributed by atoms with Crippen LogP contribution in [-0.2, 0) is 0 Å². The van der Waals surface area contributed by atoms with Gasteiger partial charge in [-0.3, -0.25) is 4.79 Å². The molecule has 0 bridgehead atoms. The highest BCUT2D eigenvalue weighted by atomic mass is 19.1. The zero-order valence-electron chi connectivity index (χ0n) is 9.61. The van der Waals surface area contributed by atoms with Crippen LogP contribution in [0.1, 0.15) is 17.3 Å². The summed E-state index contributed by atoms with van der Waals surface area (Å²) in [6.07, 6.45) is 0. The highest BCUT2D eigenvalue weighted by molar-refractivity contribution is 5.94. The molecule has 18 heavy (non-hydrogen) atoms. The van der Waals surface area contributed by atoms with Crippen LogP contribution in [-0.4, -0.2) is 5.78 Å². The van der Waals surface area contributed by atoms with Crippen LogP contribution >= 0.6 is 0 Å². The second-order valence-corrected chi connectivity index (χ2v) is 3.76. The van der Waals surface area contributed by atoms with Gasteiger partial charge in [-0.05, 0) is 43.3 Å². The molecule has 0 saturated carbocycles. The second kappa shape index (κ2) is 4.96. The predicted molar refractivity (Wildman–Crippen MR) is 62.9 cm³/mol. The summed E-state index contributed by atoms with van der Waals surface area (Å²) in [4.78, 5) is 11.1. The Morgan fingerprint density at radius 1 is 1.06 bits per heavy atom. The molecule has 0 radical (unpaired) electrons. The van der Waals surface area contributed by atoms with Gasteiger partial charge in [0.05, 0.1) is 0 Å². The molecule has 4 heteroatoms. The zero-order valence-corrected chi connectivity index (χ0v) is 9.61. The second-order valence-electron chi connectivity index (χ2n) is 3.76. The number of Topliss-reactive ketones (excluding diaryl/α,β-unsaturated/α-hetero) is 1. The van der Waals surface area contributed by atoms with Crippen LogP contribution in [0, 0.1) is 11.6 Å². The van der Waals surface area contributed by atoms with Crippen molar-refractivity contribution in [3.05, 3.63) is 59.7 Å². The van der Waals surface area contributed by atoms with E-state index in [1.54, 1.807) is 12.1 Å². The lowest BCUT2D eigenvalue weighted by atomic mass is 10.1. The minimum absolute atomic E-state index is 0.0708. The third-order valence-corrected chi connectivity index (χ3v) is 2.38. The molecule has 0 saturated heterocycles. The molecule has 2 nitrogen and oxygen atoms in total. The van der Waals surface area contributed by atoms with Crippen LogP contribution in [0.15, 0.2) is 42.5 Å². The van der Waals surface area contributed by atoms with Crippen molar-refractivity contribution in [3.63, 3.8) is 0 Å². The molecule has 2 aromatic carbocycles. The summed E-state index contributed by atoms with van der Waals surface area (Å²) in [6.45, 7) is 1.45. The zero-order chi connectivity index (χ0) is 13.1. The maximum Gasteiger partial charge on any atom is 0.165 e. The van der Waals surface area contributed by atoms with Gasteiger partial charge in [0.15, 0.2) is 17.3 Å². The smallest absolute Gasteiger partial charge is 0.165 e. The van der Waals surface area contributed by atoms with Crippen molar-refractivity contribution >= 4 is 5.78 Å². The molecule has 0 spiro atoms. The van der Waals surface area contributed by atoms with Gasteiger partial charge in [-0.15, -0.1) is 0 Å². The van der Waals surface area contributed by atoms with Gasteiger partial charge in [0, 0.05) is 11.6 Å². The highest BCUT2D eigenvalue weighted by Crippen LogP contribution is 2.25. The van der Waals surface area contributed by atoms with Crippen LogP contribution in [0.25, 0.3) is 0 Å². The highest BCUT2D eigenvalue weighted by Gasteiger charge is 2.07. The summed E-state index contributed by atoms with van der Waals surface area (Å²) in [5.41, 5.74) is 0.530. The summed E-state index contributed by atoms with van der Waals surface area (Å²) in [5, 5.41) is 0. The van der Waals surface area contributed by atoms with Crippen LogP contribution in [0.2, 0.25) is 0 Å². The normalized spacial score (nSPS) is 10.2. The Labute approximate surface area is 103 Å². The first-order valence-electron chi connectivity index (χ1n) is 5.30. The van der Waals surface area contributed by atoms with Gasteiger partial charge < -0.3 is 4.74 Å². The largest absolute Gasteiger partial charge is 0.454 e. The quantitative estimate of drug-likeness (QED) is 0.768. The molecule has 2 rings (SSSR count). The lowest BCUT2D eigenvalue weighted by Crippen LogP contribution is -1.93. The Balaban J connectivity index is 2.23. The third-order valence-electron chi connectivity index (χ3n) is 2.38. The fourth-order valence-electron chi connectivity index (χ4n) is 1.44. The summed E-state index contributed by atoms with van der Waals surface area (Å²) >= 11 is 0. The first kappa shape index (κ1) is 12.2. The summed E-state index contributed by atoms with van der Waals surface area (Å²) in [6, 6.07) is 9.16. The predicted octanol–water partition coefficient (Wildman–Crippen LogP) is 3.96. The molecule has 0 heterocycles. The van der Waals surface area contributed by atoms with Crippen molar-refractivity contribution in [2.45, 2.75) is 6.92 Å². The minimum atomic E-state index is -0.646. The molecular formula is C14H10F2O2. The number of halogens is 2. The molecule has 0 amide bonds. The molecule has 0 unspecified atom stereocenters. The Morgan fingerprint density at radius 2 is 1.72 bits per heavy atom. The van der Waals surface area contributed by atoms with E-state index < -0.39 is 11.6 Å². The van der Waals surface area contributed by atoms with Gasteiger partial charge in [0.1, 0.15) is 11.6 Å². The molecular weight excluding hydrogens is 238 g/mol. The summed E-state index contributed by atoms with van der Waals surface area (Å²) in [5.74, 6) is -1.15. The van der Waals surface area contributed by atoms with E-state index in [9.17, 15) is 13.6 Å². The Morgan fingerprint density at radius 3 is 2.33 bits per heavy atom. The summed E-state index contributed by atoms with van der Waals surface area (Å²) in [7, 11) is 0. The molecule has 2 aromatic rings. The number of hydrogen-bond donors (Lipinski definition) is 0. The van der Waals surface area contributed by atoms with Crippen LogP contribution in [0.4, 0.5) is 8.78 Å². The first-order chi connectivity index (χ1) is 8.56. The van der Waals surface area contributed by atoms with Crippen molar-refractivity contribution in [1.82, 2.24) is 0 Å². The maximum atomic E-state index is 13.3. The minimum Gasteiger partial charge on any atom is -0.454 e. The van der Waals surface area contributed by atoms with E-state index in [-0.39, 0.29) is 11.5 Å². The molecule has 0 N–H and O–H groups in total. The number of hydrogen-bond acceptors (Lipinski definition) is 2. The van der Waals surface area contributed by atoms with E-state index in [0.717, 1.165) is 18.2 Å². The van der Waals surface area contributed by atoms with Crippen molar-refractivity contribution in [3.8, 4) is 11.5 Å². The van der Waals surface area contributed by atoms with E-state index in [4.69, 9.17) is 4.74 Å². The fourth-order valence-corrected chi connectivity index (χ4v) is 1.44. The van der Waals surface area contributed by atoms with Crippen molar-refractivity contribution in [2.75, 3.05) is 0 Å². The lowest BCUT2D eigenvalue weighted by Gasteiger charge is -2.07. The monoisotopic (exact) mass is 248 g/mol. The maximum absolute atomic E-state index is 13.3. The average molecular weight is 248 g/mol. The fraction of sp³-hybridized carbons (Fsp3) is 0.0714. The number of carbonyl (C=O) groups excluding carboxylic acids is 1. The number of ketones is 1. The van der Waals surface area contributed by atoms with Gasteiger partial charge in [-0.2, -0.15) is 0 Å². The number of rotatable bonds is 3. The lowest BCUT2D eigenvalue weighted by molar-refractivity contribution is 0.101. The molecule has 92 valence electrons. The molecule has 0 aliphatic rings. The average Bonchev–Trinajstić information content (AvgIpc) is 2.34. The Kier molecular flexibility index (Phi) is 3.37. The third kappa shape index (κ3) is 2.71. The standard InChI is InChI=1S/C14H10F2O2/c1-9(17)10-2-5-12(6-3-10)18-14-8-11(15)4-7-13(14)16/h2-8H,1H3. The van der Waals surface area contributed by atoms with Gasteiger partial charge >= 0.3 is 0 Å². The number of carbonyl (C=O) groups is 1. The van der Waals surface area contributed by atoms with Crippen molar-refractivity contribution in [1.29, 1.82) is 0 Å². The Bertz CT molecular complexity index is 577. The molecule has 0 atom stereocenters. The van der Waals surface area contributed by atoms with Crippen LogP contribution in [0.3, 0.4) is 0 Å². The van der Waals surface area contributed by atoms with Crippen LogP contribution < -0.4 is 4.74 Å². The topological polar surface area (TPSA) is 26.3 Å². The van der Waals surface area contributed by atoms with E-state index >= 15 is 0 Å². The van der Waals surface area contributed by atoms with E-state index in [0.29, 0.717) is 11.3 Å². The van der Waals surface area contributed by atoms with Gasteiger partial charge in [-0.1, -0.05) is 0 Å². The van der Waals surface area contributed by atoms with Gasteiger partial charge in [-0.25, -0.2) is 8.78 Å². The number of ether oxygens (including phenoxy) is 1. The number of benzene rings is 2. The molecule has 0 aliphatic carbocycles. The van der Waals surface area contributed by atoms with Gasteiger partial charge in [0.25, 0.3) is 0 Å². The van der Waals surface area contributed by atoms with E-state index in [1.165, 1.54) is 19.1 Å². The SMILES string of the molecule is CC(=O)c1ccc(Oc2cc(F)ccc2F)cc1. The van der Waals surface area contributed by atoms with E-state index in [2.05, 4.69) is 0 Å². The summed E-state index contributed by atoms with van der Waals surface area (Å²) < 4.78 is 31.4. The molecule has 0 fully saturated rings. The van der Waals surface area contributed by atoms with Crippen molar-refractivity contribution < 1.29 is 18.3 Å².